The summed E-state index contributed by atoms with van der Waals surface area (Å²) in [6.07, 6.45) is 0. The number of benzene rings is 1. The van der Waals surface area contributed by atoms with E-state index in [4.69, 9.17) is 10.5 Å². The van der Waals surface area contributed by atoms with Crippen molar-refractivity contribution in [2.75, 3.05) is 39.0 Å². The highest BCUT2D eigenvalue weighted by Crippen LogP contribution is 2.23. The molecule has 110 valence electrons. The van der Waals surface area contributed by atoms with Gasteiger partial charge in [-0.3, -0.25) is 9.69 Å². The topological polar surface area (TPSA) is 58.8 Å². The molecule has 1 unspecified atom stereocenters. The molecule has 5 heteroatoms. The lowest BCUT2D eigenvalue weighted by Crippen LogP contribution is -2.53. The van der Waals surface area contributed by atoms with Crippen LogP contribution in [0.4, 0.5) is 5.69 Å². The maximum Gasteiger partial charge on any atom is 0.254 e. The largest absolute Gasteiger partial charge is 0.495 e. The first kappa shape index (κ1) is 14.7. The molecule has 0 bridgehead atoms. The second-order valence-electron chi connectivity index (χ2n) is 5.19. The number of ether oxygens (including phenoxy) is 1. The molecule has 0 radical (unpaired) electrons. The van der Waals surface area contributed by atoms with Crippen LogP contribution in [0.5, 0.6) is 5.75 Å². The van der Waals surface area contributed by atoms with Gasteiger partial charge in [-0.15, -0.1) is 0 Å². The van der Waals surface area contributed by atoms with Gasteiger partial charge in [0.1, 0.15) is 5.75 Å². The molecule has 1 aliphatic heterocycles. The van der Waals surface area contributed by atoms with Crippen molar-refractivity contribution in [2.24, 2.45) is 0 Å². The Morgan fingerprint density at radius 3 is 2.75 bits per heavy atom. The number of nitrogens with two attached hydrogens (primary N) is 1. The Labute approximate surface area is 120 Å². The summed E-state index contributed by atoms with van der Waals surface area (Å²) in [7, 11) is 1.57. The van der Waals surface area contributed by atoms with E-state index in [0.717, 1.165) is 26.2 Å². The zero-order valence-corrected chi connectivity index (χ0v) is 12.4. The zero-order chi connectivity index (χ0) is 14.7. The second-order valence-corrected chi connectivity index (χ2v) is 5.19. The summed E-state index contributed by atoms with van der Waals surface area (Å²) >= 11 is 0. The first-order chi connectivity index (χ1) is 9.56. The fourth-order valence-corrected chi connectivity index (χ4v) is 2.70. The van der Waals surface area contributed by atoms with E-state index in [1.54, 1.807) is 25.3 Å². The number of nitrogen functional groups attached to an aromatic ring is 1. The molecule has 2 N–H and O–H groups in total. The number of amides is 1. The minimum absolute atomic E-state index is 0.0435. The number of carbonyl (C=O) groups is 1. The van der Waals surface area contributed by atoms with Crippen LogP contribution in [0.25, 0.3) is 0 Å². The molecule has 1 fully saturated rings. The third kappa shape index (κ3) is 2.88. The number of rotatable bonds is 3. The van der Waals surface area contributed by atoms with Gasteiger partial charge in [0.2, 0.25) is 0 Å². The van der Waals surface area contributed by atoms with E-state index in [9.17, 15) is 4.79 Å². The van der Waals surface area contributed by atoms with Crippen molar-refractivity contribution in [3.63, 3.8) is 0 Å². The number of nitrogens with zero attached hydrogens (tertiary/aromatic N) is 2. The molecule has 0 aliphatic carbocycles. The van der Waals surface area contributed by atoms with Crippen LogP contribution in [-0.2, 0) is 0 Å². The number of hydrogen-bond donors (Lipinski definition) is 1. The Morgan fingerprint density at radius 1 is 1.45 bits per heavy atom. The molecule has 2 rings (SSSR count). The van der Waals surface area contributed by atoms with Crippen LogP contribution in [0.2, 0.25) is 0 Å². The third-order valence-electron chi connectivity index (χ3n) is 3.94. The number of hydrogen-bond acceptors (Lipinski definition) is 4. The van der Waals surface area contributed by atoms with Gasteiger partial charge in [-0.2, -0.15) is 0 Å². The van der Waals surface area contributed by atoms with Crippen LogP contribution in [0.15, 0.2) is 18.2 Å². The molecular weight excluding hydrogens is 254 g/mol. The molecule has 1 aromatic carbocycles. The zero-order valence-electron chi connectivity index (χ0n) is 12.4. The molecule has 1 aromatic rings. The van der Waals surface area contributed by atoms with Gasteiger partial charge in [0, 0.05) is 31.2 Å². The molecule has 5 nitrogen and oxygen atoms in total. The van der Waals surface area contributed by atoms with Gasteiger partial charge in [0.05, 0.1) is 12.8 Å². The van der Waals surface area contributed by atoms with Crippen LogP contribution >= 0.6 is 0 Å². The molecule has 0 spiro atoms. The van der Waals surface area contributed by atoms with Crippen LogP contribution < -0.4 is 10.5 Å². The number of carbonyl (C=O) groups excluding carboxylic acids is 1. The average molecular weight is 277 g/mol. The fourth-order valence-electron chi connectivity index (χ4n) is 2.70. The lowest BCUT2D eigenvalue weighted by Gasteiger charge is -2.39. The lowest BCUT2D eigenvalue weighted by molar-refractivity contribution is 0.0528. The number of likely N-dealkylation sites (N-methyl/N-ethyl adjacent to an activating group) is 1. The Kier molecular flexibility index (Phi) is 4.49. The van der Waals surface area contributed by atoms with Gasteiger partial charge < -0.3 is 15.4 Å². The van der Waals surface area contributed by atoms with Crippen molar-refractivity contribution in [3.8, 4) is 5.75 Å². The summed E-state index contributed by atoms with van der Waals surface area (Å²) < 4.78 is 5.11. The summed E-state index contributed by atoms with van der Waals surface area (Å²) in [5.41, 5.74) is 6.99. The fraction of sp³-hybridized carbons (Fsp3) is 0.533. The smallest absolute Gasteiger partial charge is 0.254 e. The lowest BCUT2D eigenvalue weighted by atomic mass is 10.1. The quantitative estimate of drug-likeness (QED) is 0.849. The van der Waals surface area contributed by atoms with Gasteiger partial charge in [-0.25, -0.2) is 0 Å². The minimum atomic E-state index is 0.0435. The summed E-state index contributed by atoms with van der Waals surface area (Å²) in [5.74, 6) is 0.646. The van der Waals surface area contributed by atoms with Gasteiger partial charge in [0.15, 0.2) is 0 Å². The highest BCUT2D eigenvalue weighted by Gasteiger charge is 2.26. The SMILES string of the molecule is CCN1CCN(C(=O)c2ccc(OC)c(N)c2)CC1C. The van der Waals surface area contributed by atoms with Crippen molar-refractivity contribution >= 4 is 11.6 Å². The van der Waals surface area contributed by atoms with E-state index < -0.39 is 0 Å². The predicted molar refractivity (Wildman–Crippen MR) is 80.0 cm³/mol. The Balaban J connectivity index is 2.10. The summed E-state index contributed by atoms with van der Waals surface area (Å²) in [4.78, 5) is 16.8. The predicted octanol–water partition coefficient (Wildman–Crippen LogP) is 1.44. The van der Waals surface area contributed by atoms with E-state index in [-0.39, 0.29) is 5.91 Å². The van der Waals surface area contributed by atoms with Gasteiger partial charge >= 0.3 is 0 Å². The molecule has 1 saturated heterocycles. The number of piperazine rings is 1. The molecule has 1 heterocycles. The molecule has 1 atom stereocenters. The van der Waals surface area contributed by atoms with Crippen molar-refractivity contribution < 1.29 is 9.53 Å². The molecule has 0 aromatic heterocycles. The number of methoxy groups -OCH3 is 1. The van der Waals surface area contributed by atoms with E-state index in [0.29, 0.717) is 23.0 Å². The van der Waals surface area contributed by atoms with Crippen LogP contribution in [-0.4, -0.2) is 55.0 Å². The van der Waals surface area contributed by atoms with E-state index in [1.165, 1.54) is 0 Å². The Hall–Kier alpha value is -1.75. The highest BCUT2D eigenvalue weighted by atomic mass is 16.5. The third-order valence-corrected chi connectivity index (χ3v) is 3.94. The molecule has 0 saturated carbocycles. The summed E-state index contributed by atoms with van der Waals surface area (Å²) in [5, 5.41) is 0. The van der Waals surface area contributed by atoms with Crippen LogP contribution in [0.3, 0.4) is 0 Å². The Bertz CT molecular complexity index is 490. The van der Waals surface area contributed by atoms with Crippen molar-refractivity contribution in [1.82, 2.24) is 9.80 Å². The van der Waals surface area contributed by atoms with Crippen LogP contribution in [0, 0.1) is 0 Å². The van der Waals surface area contributed by atoms with Crippen molar-refractivity contribution in [1.29, 1.82) is 0 Å². The monoisotopic (exact) mass is 277 g/mol. The maximum absolute atomic E-state index is 12.5. The van der Waals surface area contributed by atoms with Gasteiger partial charge in [-0.05, 0) is 31.7 Å². The molecule has 1 amide bonds. The first-order valence-electron chi connectivity index (χ1n) is 7.03. The van der Waals surface area contributed by atoms with Crippen LogP contribution in [0.1, 0.15) is 24.2 Å². The van der Waals surface area contributed by atoms with Crippen molar-refractivity contribution in [2.45, 2.75) is 19.9 Å². The molecular formula is C15H23N3O2. The highest BCUT2D eigenvalue weighted by molar-refractivity contribution is 5.95. The second kappa shape index (κ2) is 6.13. The van der Waals surface area contributed by atoms with E-state index >= 15 is 0 Å². The van der Waals surface area contributed by atoms with Gasteiger partial charge in [0.25, 0.3) is 5.91 Å². The summed E-state index contributed by atoms with van der Waals surface area (Å²) in [6, 6.07) is 5.61. The number of anilines is 1. The van der Waals surface area contributed by atoms with Crippen molar-refractivity contribution in [3.05, 3.63) is 23.8 Å². The minimum Gasteiger partial charge on any atom is -0.495 e. The van der Waals surface area contributed by atoms with E-state index in [1.807, 2.05) is 4.90 Å². The maximum atomic E-state index is 12.5. The average Bonchev–Trinajstić information content (AvgIpc) is 2.46. The standard InChI is InChI=1S/C15H23N3O2/c1-4-17-7-8-18(10-11(17)2)15(19)12-5-6-14(20-3)13(16)9-12/h5-6,9,11H,4,7-8,10,16H2,1-3H3. The van der Waals surface area contributed by atoms with Gasteiger partial charge in [-0.1, -0.05) is 6.92 Å². The first-order valence-corrected chi connectivity index (χ1v) is 7.03. The van der Waals surface area contributed by atoms with E-state index in [2.05, 4.69) is 18.7 Å². The molecule has 20 heavy (non-hydrogen) atoms. The summed E-state index contributed by atoms with van der Waals surface area (Å²) in [6.45, 7) is 7.79. The molecule has 1 aliphatic rings. The normalized spacial score (nSPS) is 19.9. The Morgan fingerprint density at radius 2 is 2.20 bits per heavy atom.